The molecule has 0 aromatic heterocycles. The molecule has 0 spiro atoms. The van der Waals surface area contributed by atoms with Crippen molar-refractivity contribution in [3.05, 3.63) is 29.8 Å². The first kappa shape index (κ1) is 17.0. The van der Waals surface area contributed by atoms with Crippen LogP contribution in [0, 0.1) is 0 Å². The van der Waals surface area contributed by atoms with E-state index in [1.807, 2.05) is 24.3 Å². The van der Waals surface area contributed by atoms with E-state index in [9.17, 15) is 9.59 Å². The molecule has 116 valence electrons. The van der Waals surface area contributed by atoms with E-state index >= 15 is 0 Å². The number of methoxy groups -OCH3 is 2. The van der Waals surface area contributed by atoms with Gasteiger partial charge in [0, 0.05) is 13.0 Å². The Bertz CT molecular complexity index is 475. The monoisotopic (exact) mass is 295 g/mol. The van der Waals surface area contributed by atoms with Gasteiger partial charge in [0.25, 0.3) is 0 Å². The highest BCUT2D eigenvalue weighted by molar-refractivity contribution is 5.85. The molecule has 1 amide bonds. The molecular formula is C15H21NO5. The molecule has 0 heterocycles. The van der Waals surface area contributed by atoms with Gasteiger partial charge in [-0.15, -0.1) is 0 Å². The normalized spacial score (nSPS) is 11.6. The second-order valence-electron chi connectivity index (χ2n) is 4.34. The number of ether oxygens (including phenoxy) is 3. The number of esters is 1. The first-order valence-electron chi connectivity index (χ1n) is 6.68. The van der Waals surface area contributed by atoms with E-state index in [0.717, 1.165) is 5.56 Å². The maximum atomic E-state index is 11.8. The molecular weight excluding hydrogens is 274 g/mol. The molecule has 6 nitrogen and oxygen atoms in total. The summed E-state index contributed by atoms with van der Waals surface area (Å²) in [6, 6.07) is 6.54. The summed E-state index contributed by atoms with van der Waals surface area (Å²) in [5.41, 5.74) is 0.862. The molecule has 0 radical (unpaired) electrons. The fourth-order valence-electron chi connectivity index (χ4n) is 1.80. The summed E-state index contributed by atoms with van der Waals surface area (Å²) in [4.78, 5) is 23.4. The fourth-order valence-corrected chi connectivity index (χ4v) is 1.80. The van der Waals surface area contributed by atoms with E-state index in [1.54, 1.807) is 14.0 Å². The summed E-state index contributed by atoms with van der Waals surface area (Å²) in [7, 11) is 2.86. The zero-order chi connectivity index (χ0) is 15.7. The largest absolute Gasteiger partial charge is 0.497 e. The maximum Gasteiger partial charge on any atom is 0.328 e. The molecule has 0 saturated carbocycles. The molecule has 0 aliphatic rings. The summed E-state index contributed by atoms with van der Waals surface area (Å²) >= 11 is 0. The van der Waals surface area contributed by atoms with Gasteiger partial charge in [-0.25, -0.2) is 4.79 Å². The molecule has 0 bridgehead atoms. The standard InChI is InChI=1S/C15H21NO5/c1-4-21-10-14(17)16-13(15(18)20-3)9-11-6-5-7-12(8-11)19-2/h5-8,13H,4,9-10H2,1-3H3,(H,16,17)/t13-/m0/s1. The third kappa shape index (κ3) is 5.83. The number of benzene rings is 1. The molecule has 0 aliphatic carbocycles. The van der Waals surface area contributed by atoms with Gasteiger partial charge in [-0.05, 0) is 24.6 Å². The highest BCUT2D eigenvalue weighted by atomic mass is 16.5. The van der Waals surface area contributed by atoms with Gasteiger partial charge in [0.1, 0.15) is 18.4 Å². The summed E-state index contributed by atoms with van der Waals surface area (Å²) < 4.78 is 14.9. The average molecular weight is 295 g/mol. The van der Waals surface area contributed by atoms with Crippen molar-refractivity contribution in [3.8, 4) is 5.75 Å². The molecule has 6 heteroatoms. The van der Waals surface area contributed by atoms with E-state index in [-0.39, 0.29) is 12.5 Å². The van der Waals surface area contributed by atoms with Crippen molar-refractivity contribution in [1.29, 1.82) is 0 Å². The second kappa shape index (κ2) is 8.97. The van der Waals surface area contributed by atoms with Gasteiger partial charge >= 0.3 is 5.97 Å². The molecule has 1 atom stereocenters. The Balaban J connectivity index is 2.73. The molecule has 21 heavy (non-hydrogen) atoms. The Morgan fingerprint density at radius 1 is 1.29 bits per heavy atom. The Labute approximate surface area is 124 Å². The average Bonchev–Trinajstić information content (AvgIpc) is 2.51. The number of hydrogen-bond donors (Lipinski definition) is 1. The van der Waals surface area contributed by atoms with Crippen LogP contribution in [0.5, 0.6) is 5.75 Å². The highest BCUT2D eigenvalue weighted by Crippen LogP contribution is 2.14. The highest BCUT2D eigenvalue weighted by Gasteiger charge is 2.22. The summed E-state index contributed by atoms with van der Waals surface area (Å²) in [6.45, 7) is 2.15. The van der Waals surface area contributed by atoms with Crippen molar-refractivity contribution in [3.63, 3.8) is 0 Å². The minimum absolute atomic E-state index is 0.0812. The van der Waals surface area contributed by atoms with Crippen LogP contribution in [-0.2, 0) is 25.5 Å². The van der Waals surface area contributed by atoms with Crippen molar-refractivity contribution < 1.29 is 23.8 Å². The predicted octanol–water partition coefficient (Wildman–Crippen LogP) is 0.932. The quantitative estimate of drug-likeness (QED) is 0.722. The first-order chi connectivity index (χ1) is 10.1. The second-order valence-corrected chi connectivity index (χ2v) is 4.34. The van der Waals surface area contributed by atoms with Crippen LogP contribution < -0.4 is 10.1 Å². The van der Waals surface area contributed by atoms with E-state index in [0.29, 0.717) is 18.8 Å². The van der Waals surface area contributed by atoms with Crippen LogP contribution >= 0.6 is 0 Å². The van der Waals surface area contributed by atoms with Crippen LogP contribution in [-0.4, -0.2) is 45.4 Å². The maximum absolute atomic E-state index is 11.8. The zero-order valence-corrected chi connectivity index (χ0v) is 12.5. The third-order valence-electron chi connectivity index (χ3n) is 2.83. The van der Waals surface area contributed by atoms with Crippen molar-refractivity contribution >= 4 is 11.9 Å². The lowest BCUT2D eigenvalue weighted by Gasteiger charge is -2.17. The lowest BCUT2D eigenvalue weighted by Crippen LogP contribution is -2.44. The van der Waals surface area contributed by atoms with Crippen LogP contribution in [0.3, 0.4) is 0 Å². The lowest BCUT2D eigenvalue weighted by atomic mass is 10.1. The van der Waals surface area contributed by atoms with E-state index < -0.39 is 12.0 Å². The van der Waals surface area contributed by atoms with Crippen LogP contribution in [0.25, 0.3) is 0 Å². The molecule has 1 rings (SSSR count). The molecule has 1 aromatic rings. The third-order valence-corrected chi connectivity index (χ3v) is 2.83. The topological polar surface area (TPSA) is 73.9 Å². The Morgan fingerprint density at radius 3 is 2.67 bits per heavy atom. The van der Waals surface area contributed by atoms with E-state index in [1.165, 1.54) is 7.11 Å². The number of carbonyl (C=O) groups excluding carboxylic acids is 2. The predicted molar refractivity (Wildman–Crippen MR) is 77.1 cm³/mol. The number of nitrogens with one attached hydrogen (secondary N) is 1. The zero-order valence-electron chi connectivity index (χ0n) is 12.5. The molecule has 1 N–H and O–H groups in total. The first-order valence-corrected chi connectivity index (χ1v) is 6.68. The molecule has 0 unspecified atom stereocenters. The molecule has 0 saturated heterocycles. The van der Waals surface area contributed by atoms with Gasteiger partial charge in [0.05, 0.1) is 14.2 Å². The summed E-state index contributed by atoms with van der Waals surface area (Å²) in [6.07, 6.45) is 0.321. The van der Waals surface area contributed by atoms with Gasteiger partial charge in [-0.3, -0.25) is 4.79 Å². The Hall–Kier alpha value is -2.08. The van der Waals surface area contributed by atoms with Crippen molar-refractivity contribution in [2.45, 2.75) is 19.4 Å². The fraction of sp³-hybridized carbons (Fsp3) is 0.467. The van der Waals surface area contributed by atoms with E-state index in [4.69, 9.17) is 14.2 Å². The minimum Gasteiger partial charge on any atom is -0.497 e. The van der Waals surface area contributed by atoms with Gasteiger partial charge in [-0.2, -0.15) is 0 Å². The van der Waals surface area contributed by atoms with Gasteiger partial charge in [-0.1, -0.05) is 12.1 Å². The van der Waals surface area contributed by atoms with Crippen LogP contribution in [0.15, 0.2) is 24.3 Å². The van der Waals surface area contributed by atoms with Crippen molar-refractivity contribution in [2.24, 2.45) is 0 Å². The smallest absolute Gasteiger partial charge is 0.328 e. The van der Waals surface area contributed by atoms with E-state index in [2.05, 4.69) is 5.32 Å². The van der Waals surface area contributed by atoms with Crippen molar-refractivity contribution in [2.75, 3.05) is 27.4 Å². The van der Waals surface area contributed by atoms with Gasteiger partial charge in [0.15, 0.2) is 0 Å². The number of hydrogen-bond acceptors (Lipinski definition) is 5. The number of rotatable bonds is 8. The molecule has 0 fully saturated rings. The van der Waals surface area contributed by atoms with Gasteiger partial charge < -0.3 is 19.5 Å². The van der Waals surface area contributed by atoms with Crippen LogP contribution in [0.1, 0.15) is 12.5 Å². The number of carbonyl (C=O) groups is 2. The molecule has 1 aromatic carbocycles. The van der Waals surface area contributed by atoms with Crippen LogP contribution in [0.4, 0.5) is 0 Å². The number of amides is 1. The van der Waals surface area contributed by atoms with Crippen LogP contribution in [0.2, 0.25) is 0 Å². The summed E-state index contributed by atoms with van der Waals surface area (Å²) in [5, 5.41) is 2.61. The SMILES string of the molecule is CCOCC(=O)N[C@@H](Cc1cccc(OC)c1)C(=O)OC. The Morgan fingerprint density at radius 2 is 2.05 bits per heavy atom. The lowest BCUT2D eigenvalue weighted by molar-refractivity contribution is -0.145. The van der Waals surface area contributed by atoms with Crippen molar-refractivity contribution in [1.82, 2.24) is 5.32 Å². The molecule has 0 aliphatic heterocycles. The minimum atomic E-state index is -0.755. The van der Waals surface area contributed by atoms with Gasteiger partial charge in [0.2, 0.25) is 5.91 Å². The summed E-state index contributed by atoms with van der Waals surface area (Å²) in [5.74, 6) is -0.158. The Kier molecular flexibility index (Phi) is 7.25.